The SMILES string of the molecule is C=C[C@H](OCc1ccccc1)[C@H](NC(=O)OCc1ccccc1)c1ccc(OC)cc1. The second-order valence-corrected chi connectivity index (χ2v) is 6.95. The van der Waals surface area contributed by atoms with Crippen LogP contribution in [0, 0.1) is 0 Å². The van der Waals surface area contributed by atoms with Gasteiger partial charge in [-0.25, -0.2) is 4.79 Å². The molecule has 0 aliphatic heterocycles. The summed E-state index contributed by atoms with van der Waals surface area (Å²) < 4.78 is 16.8. The van der Waals surface area contributed by atoms with Gasteiger partial charge in [-0.15, -0.1) is 6.58 Å². The molecule has 1 N–H and O–H groups in total. The molecule has 0 saturated carbocycles. The van der Waals surface area contributed by atoms with Gasteiger partial charge in [0, 0.05) is 0 Å². The maximum Gasteiger partial charge on any atom is 0.408 e. The van der Waals surface area contributed by atoms with Crippen molar-refractivity contribution in [2.45, 2.75) is 25.4 Å². The maximum absolute atomic E-state index is 12.6. The van der Waals surface area contributed by atoms with Crippen molar-refractivity contribution in [2.24, 2.45) is 0 Å². The smallest absolute Gasteiger partial charge is 0.408 e. The lowest BCUT2D eigenvalue weighted by Crippen LogP contribution is -2.37. The number of methoxy groups -OCH3 is 1. The Morgan fingerprint density at radius 3 is 2.03 bits per heavy atom. The molecule has 3 aromatic carbocycles. The van der Waals surface area contributed by atoms with Gasteiger partial charge in [0.05, 0.1) is 19.8 Å². The van der Waals surface area contributed by atoms with Crippen molar-refractivity contribution in [1.82, 2.24) is 5.32 Å². The lowest BCUT2D eigenvalue weighted by molar-refractivity contribution is 0.0426. The molecule has 1 amide bonds. The zero-order valence-corrected chi connectivity index (χ0v) is 17.6. The fraction of sp³-hybridized carbons (Fsp3) is 0.192. The summed E-state index contributed by atoms with van der Waals surface area (Å²) in [6.45, 7) is 4.49. The van der Waals surface area contributed by atoms with Crippen molar-refractivity contribution in [3.63, 3.8) is 0 Å². The first-order chi connectivity index (χ1) is 15.2. The van der Waals surface area contributed by atoms with E-state index in [1.54, 1.807) is 13.2 Å². The standard InChI is InChI=1S/C26H27NO4/c1-3-24(30-18-20-10-6-4-7-11-20)25(22-14-16-23(29-2)17-15-22)27-26(28)31-19-21-12-8-5-9-13-21/h3-17,24-25H,1,18-19H2,2H3,(H,27,28)/t24-,25+/m0/s1. The molecule has 0 radical (unpaired) electrons. The van der Waals surface area contributed by atoms with Crippen molar-refractivity contribution >= 4 is 6.09 Å². The highest BCUT2D eigenvalue weighted by Crippen LogP contribution is 2.24. The number of benzene rings is 3. The summed E-state index contributed by atoms with van der Waals surface area (Å²) in [5.74, 6) is 0.731. The van der Waals surface area contributed by atoms with E-state index in [4.69, 9.17) is 14.2 Å². The van der Waals surface area contributed by atoms with E-state index in [1.165, 1.54) is 0 Å². The molecule has 0 aliphatic rings. The average molecular weight is 418 g/mol. The number of carbonyl (C=O) groups excluding carboxylic acids is 1. The first kappa shape index (κ1) is 22.1. The Hall–Kier alpha value is -3.57. The number of amides is 1. The van der Waals surface area contributed by atoms with E-state index in [-0.39, 0.29) is 6.61 Å². The molecule has 0 saturated heterocycles. The van der Waals surface area contributed by atoms with E-state index in [0.29, 0.717) is 6.61 Å². The van der Waals surface area contributed by atoms with Crippen molar-refractivity contribution in [3.05, 3.63) is 114 Å². The lowest BCUT2D eigenvalue weighted by atomic mass is 10.0. The zero-order chi connectivity index (χ0) is 21.9. The van der Waals surface area contributed by atoms with E-state index in [9.17, 15) is 4.79 Å². The molecule has 0 fully saturated rings. The molecule has 0 aromatic heterocycles. The van der Waals surface area contributed by atoms with E-state index >= 15 is 0 Å². The van der Waals surface area contributed by atoms with Crippen LogP contribution in [0.1, 0.15) is 22.7 Å². The Balaban J connectivity index is 1.72. The monoisotopic (exact) mass is 417 g/mol. The summed E-state index contributed by atoms with van der Waals surface area (Å²) in [7, 11) is 1.61. The van der Waals surface area contributed by atoms with Gasteiger partial charge >= 0.3 is 6.09 Å². The van der Waals surface area contributed by atoms with Gasteiger partial charge in [0.15, 0.2) is 0 Å². The molecule has 0 aliphatic carbocycles. The van der Waals surface area contributed by atoms with Crippen LogP contribution in [0.3, 0.4) is 0 Å². The molecule has 0 bridgehead atoms. The van der Waals surface area contributed by atoms with Crippen molar-refractivity contribution in [2.75, 3.05) is 7.11 Å². The van der Waals surface area contributed by atoms with Crippen molar-refractivity contribution in [3.8, 4) is 5.75 Å². The summed E-state index contributed by atoms with van der Waals surface area (Å²) in [5, 5.41) is 2.93. The first-order valence-corrected chi connectivity index (χ1v) is 10.1. The van der Waals surface area contributed by atoms with Gasteiger partial charge in [-0.3, -0.25) is 0 Å². The highest BCUT2D eigenvalue weighted by atomic mass is 16.5. The largest absolute Gasteiger partial charge is 0.497 e. The normalized spacial score (nSPS) is 12.4. The van der Waals surface area contributed by atoms with E-state index in [2.05, 4.69) is 11.9 Å². The van der Waals surface area contributed by atoms with Gasteiger partial charge in [-0.1, -0.05) is 78.9 Å². The van der Waals surface area contributed by atoms with Gasteiger partial charge in [0.2, 0.25) is 0 Å². The second-order valence-electron chi connectivity index (χ2n) is 6.95. The van der Waals surface area contributed by atoms with Gasteiger partial charge in [0.1, 0.15) is 18.5 Å². The summed E-state index contributed by atoms with van der Waals surface area (Å²) >= 11 is 0. The third kappa shape index (κ3) is 6.73. The quantitative estimate of drug-likeness (QED) is 0.447. The molecular formula is C26H27NO4. The Kier molecular flexibility index (Phi) is 8.26. The predicted molar refractivity (Wildman–Crippen MR) is 121 cm³/mol. The fourth-order valence-electron chi connectivity index (χ4n) is 3.13. The molecule has 160 valence electrons. The van der Waals surface area contributed by atoms with Gasteiger partial charge in [-0.2, -0.15) is 0 Å². The van der Waals surface area contributed by atoms with Crippen LogP contribution in [-0.4, -0.2) is 19.3 Å². The number of alkyl carbamates (subject to hydrolysis) is 1. The Bertz CT molecular complexity index is 942. The van der Waals surface area contributed by atoms with Crippen molar-refractivity contribution in [1.29, 1.82) is 0 Å². The van der Waals surface area contributed by atoms with Crippen LogP contribution >= 0.6 is 0 Å². The molecule has 3 aromatic rings. The molecule has 0 heterocycles. The summed E-state index contributed by atoms with van der Waals surface area (Å²) in [6, 6.07) is 26.4. The molecule has 2 atom stereocenters. The minimum atomic E-state index is -0.528. The van der Waals surface area contributed by atoms with Crippen molar-refractivity contribution < 1.29 is 19.0 Å². The molecule has 5 heteroatoms. The highest BCUT2D eigenvalue weighted by Gasteiger charge is 2.24. The number of hydrogen-bond donors (Lipinski definition) is 1. The zero-order valence-electron chi connectivity index (χ0n) is 17.6. The highest BCUT2D eigenvalue weighted by molar-refractivity contribution is 5.68. The van der Waals surface area contributed by atoms with Crippen LogP contribution in [-0.2, 0) is 22.7 Å². The molecule has 31 heavy (non-hydrogen) atoms. The molecular weight excluding hydrogens is 390 g/mol. The fourth-order valence-corrected chi connectivity index (χ4v) is 3.13. The minimum absolute atomic E-state index is 0.186. The molecule has 0 unspecified atom stereocenters. The third-order valence-electron chi connectivity index (χ3n) is 4.81. The predicted octanol–water partition coefficient (Wildman–Crippen LogP) is 5.43. The Morgan fingerprint density at radius 2 is 1.48 bits per heavy atom. The van der Waals surface area contributed by atoms with E-state index in [1.807, 2.05) is 84.9 Å². The van der Waals surface area contributed by atoms with Crippen LogP contribution in [0.4, 0.5) is 4.79 Å². The van der Waals surface area contributed by atoms with Crippen LogP contribution in [0.2, 0.25) is 0 Å². The van der Waals surface area contributed by atoms with Gasteiger partial charge in [0.25, 0.3) is 0 Å². The number of hydrogen-bond acceptors (Lipinski definition) is 4. The topological polar surface area (TPSA) is 56.8 Å². The Morgan fingerprint density at radius 1 is 0.903 bits per heavy atom. The maximum atomic E-state index is 12.6. The average Bonchev–Trinajstić information content (AvgIpc) is 2.83. The van der Waals surface area contributed by atoms with Gasteiger partial charge in [-0.05, 0) is 28.8 Å². The number of nitrogens with one attached hydrogen (secondary N) is 1. The van der Waals surface area contributed by atoms with Crippen LogP contribution in [0.15, 0.2) is 97.6 Å². The summed E-state index contributed by atoms with van der Waals surface area (Å²) in [6.07, 6.45) is 0.702. The van der Waals surface area contributed by atoms with Crippen LogP contribution in [0.5, 0.6) is 5.75 Å². The Labute approximate surface area is 183 Å². The van der Waals surface area contributed by atoms with E-state index in [0.717, 1.165) is 22.4 Å². The summed E-state index contributed by atoms with van der Waals surface area (Å²) in [5.41, 5.74) is 2.81. The molecule has 3 rings (SSSR count). The van der Waals surface area contributed by atoms with Crippen LogP contribution in [0.25, 0.3) is 0 Å². The molecule has 5 nitrogen and oxygen atoms in total. The molecule has 0 spiro atoms. The number of ether oxygens (including phenoxy) is 3. The third-order valence-corrected chi connectivity index (χ3v) is 4.81. The number of carbonyl (C=O) groups is 1. The lowest BCUT2D eigenvalue weighted by Gasteiger charge is -2.26. The van der Waals surface area contributed by atoms with Gasteiger partial charge < -0.3 is 19.5 Å². The number of rotatable bonds is 10. The van der Waals surface area contributed by atoms with Crippen LogP contribution < -0.4 is 10.1 Å². The first-order valence-electron chi connectivity index (χ1n) is 10.1. The minimum Gasteiger partial charge on any atom is -0.497 e. The second kappa shape index (κ2) is 11.6. The summed E-state index contributed by atoms with van der Waals surface area (Å²) in [4.78, 5) is 12.6. The van der Waals surface area contributed by atoms with E-state index < -0.39 is 18.2 Å².